The zero-order valence-corrected chi connectivity index (χ0v) is 13.8. The summed E-state index contributed by atoms with van der Waals surface area (Å²) in [5.74, 6) is 1.11. The lowest BCUT2D eigenvalue weighted by Gasteiger charge is -2.20. The number of hydrogen-bond donors (Lipinski definition) is 2. The normalized spacial score (nSPS) is 18.6. The monoisotopic (exact) mass is 350 g/mol. The first-order chi connectivity index (χ1) is 12.1. The molecule has 0 aromatic heterocycles. The van der Waals surface area contributed by atoms with Crippen molar-refractivity contribution in [2.45, 2.75) is 6.10 Å². The van der Waals surface area contributed by atoms with Crippen LogP contribution in [0.15, 0.2) is 23.2 Å². The molecular weight excluding hydrogens is 332 g/mol. The number of methoxy groups -OCH3 is 1. The number of benzene rings is 1. The second kappa shape index (κ2) is 7.26. The molecule has 0 spiro atoms. The molecule has 2 N–H and O–H groups in total. The van der Waals surface area contributed by atoms with Crippen LogP contribution in [-0.4, -0.2) is 58.0 Å². The van der Waals surface area contributed by atoms with Gasteiger partial charge in [-0.25, -0.2) is 14.6 Å². The molecule has 10 nitrogen and oxygen atoms in total. The van der Waals surface area contributed by atoms with Gasteiger partial charge in [-0.05, 0) is 12.1 Å². The Bertz CT molecular complexity index is 707. The first kappa shape index (κ1) is 16.8. The lowest BCUT2D eigenvalue weighted by atomic mass is 10.2. The fourth-order valence-corrected chi connectivity index (χ4v) is 2.48. The number of hydrogen-bond acceptors (Lipinski definition) is 8. The average molecular weight is 350 g/mol. The van der Waals surface area contributed by atoms with Crippen molar-refractivity contribution in [2.75, 3.05) is 38.8 Å². The number of aliphatic imine (C=N–C) groups is 1. The molecule has 1 aromatic rings. The lowest BCUT2D eigenvalue weighted by molar-refractivity contribution is 0.132. The van der Waals surface area contributed by atoms with E-state index in [2.05, 4.69) is 20.5 Å². The Kier molecular flexibility index (Phi) is 4.89. The van der Waals surface area contributed by atoms with Gasteiger partial charge in [-0.15, -0.1) is 0 Å². The zero-order chi connectivity index (χ0) is 17.8. The second-order valence-electron chi connectivity index (χ2n) is 5.29. The van der Waals surface area contributed by atoms with Crippen molar-refractivity contribution >= 4 is 29.4 Å². The van der Waals surface area contributed by atoms with Crippen LogP contribution in [0.2, 0.25) is 0 Å². The van der Waals surface area contributed by atoms with Gasteiger partial charge >= 0.3 is 12.2 Å². The van der Waals surface area contributed by atoms with E-state index in [0.29, 0.717) is 29.5 Å². The van der Waals surface area contributed by atoms with Crippen LogP contribution >= 0.6 is 0 Å². The number of carbonyl (C=O) groups is 2. The quantitative estimate of drug-likeness (QED) is 0.778. The highest BCUT2D eigenvalue weighted by Gasteiger charge is 2.33. The van der Waals surface area contributed by atoms with Gasteiger partial charge in [0.25, 0.3) is 0 Å². The van der Waals surface area contributed by atoms with E-state index in [-0.39, 0.29) is 13.2 Å². The number of amides is 2. The van der Waals surface area contributed by atoms with Gasteiger partial charge in [0.05, 0.1) is 33.0 Å². The van der Waals surface area contributed by atoms with E-state index in [9.17, 15) is 9.59 Å². The number of hydroxylamine groups is 1. The maximum absolute atomic E-state index is 12.1. The summed E-state index contributed by atoms with van der Waals surface area (Å²) >= 11 is 0. The highest BCUT2D eigenvalue weighted by Crippen LogP contribution is 2.35. The standard InChI is InChI=1S/C15H18N4O6/c1-22-14(20)16-6-10-7-19(15(21)25-10)9-3-4-11-12(5-9)24-8-13(17-11)18-23-2/h3-5,10H,6-8H2,1-2H3,(H,16,20)(H,17,18)/t10-/m0/s1. The van der Waals surface area contributed by atoms with Crippen LogP contribution in [0.25, 0.3) is 0 Å². The summed E-state index contributed by atoms with van der Waals surface area (Å²) in [5.41, 5.74) is 3.89. The summed E-state index contributed by atoms with van der Waals surface area (Å²) in [6, 6.07) is 5.22. The first-order valence-electron chi connectivity index (χ1n) is 7.54. The molecule has 25 heavy (non-hydrogen) atoms. The van der Waals surface area contributed by atoms with E-state index in [4.69, 9.17) is 14.3 Å². The molecule has 2 aliphatic heterocycles. The molecule has 3 rings (SSSR count). The van der Waals surface area contributed by atoms with Crippen molar-refractivity contribution in [2.24, 2.45) is 4.99 Å². The number of carbonyl (C=O) groups excluding carboxylic acids is 2. The van der Waals surface area contributed by atoms with Crippen molar-refractivity contribution < 1.29 is 28.6 Å². The maximum atomic E-state index is 12.1. The smallest absolute Gasteiger partial charge is 0.414 e. The van der Waals surface area contributed by atoms with Gasteiger partial charge in [0, 0.05) is 6.07 Å². The average Bonchev–Trinajstić information content (AvgIpc) is 3.00. The number of cyclic esters (lactones) is 1. The van der Waals surface area contributed by atoms with Crippen molar-refractivity contribution in [3.8, 4) is 5.75 Å². The van der Waals surface area contributed by atoms with Crippen LogP contribution < -0.4 is 20.4 Å². The van der Waals surface area contributed by atoms with Crippen LogP contribution in [0.1, 0.15) is 0 Å². The van der Waals surface area contributed by atoms with Crippen molar-refractivity contribution in [1.82, 2.24) is 10.8 Å². The fraction of sp³-hybridized carbons (Fsp3) is 0.400. The maximum Gasteiger partial charge on any atom is 0.414 e. The molecule has 0 unspecified atom stereocenters. The van der Waals surface area contributed by atoms with Gasteiger partial charge in [-0.3, -0.25) is 15.2 Å². The van der Waals surface area contributed by atoms with Crippen molar-refractivity contribution in [1.29, 1.82) is 0 Å². The van der Waals surface area contributed by atoms with Crippen LogP contribution in [0.5, 0.6) is 5.75 Å². The molecular formula is C15H18N4O6. The predicted octanol–water partition coefficient (Wildman–Crippen LogP) is 0.941. The molecule has 1 fully saturated rings. The van der Waals surface area contributed by atoms with Gasteiger partial charge in [0.1, 0.15) is 24.1 Å². The molecule has 0 aliphatic carbocycles. The molecule has 0 radical (unpaired) electrons. The number of anilines is 1. The van der Waals surface area contributed by atoms with E-state index < -0.39 is 18.3 Å². The summed E-state index contributed by atoms with van der Waals surface area (Å²) in [7, 11) is 2.76. The highest BCUT2D eigenvalue weighted by molar-refractivity contribution is 5.92. The van der Waals surface area contributed by atoms with E-state index in [1.165, 1.54) is 19.1 Å². The Hall–Kier alpha value is -3.01. The third-order valence-corrected chi connectivity index (χ3v) is 3.63. The molecule has 134 valence electrons. The van der Waals surface area contributed by atoms with E-state index >= 15 is 0 Å². The number of fused-ring (bicyclic) bond motifs is 1. The minimum atomic E-state index is -0.574. The molecule has 2 aliphatic rings. The number of nitrogens with one attached hydrogen (secondary N) is 2. The number of nitrogens with zero attached hydrogens (tertiary/aromatic N) is 2. The molecule has 0 saturated carbocycles. The summed E-state index contributed by atoms with van der Waals surface area (Å²) in [5, 5.41) is 2.51. The number of ether oxygens (including phenoxy) is 3. The van der Waals surface area contributed by atoms with Gasteiger partial charge in [0.15, 0.2) is 5.84 Å². The molecule has 1 aromatic carbocycles. The molecule has 0 bridgehead atoms. The minimum absolute atomic E-state index is 0.173. The van der Waals surface area contributed by atoms with Crippen LogP contribution in [0, 0.1) is 0 Å². The molecule has 2 amide bonds. The largest absolute Gasteiger partial charge is 0.483 e. The Morgan fingerprint density at radius 1 is 1.44 bits per heavy atom. The highest BCUT2D eigenvalue weighted by atomic mass is 16.6. The SMILES string of the molecule is CONC1=Nc2ccc(N3C[C@H](CNC(=O)OC)OC3=O)cc2OC1. The summed E-state index contributed by atoms with van der Waals surface area (Å²) in [4.78, 5) is 33.8. The predicted molar refractivity (Wildman–Crippen MR) is 87.2 cm³/mol. The van der Waals surface area contributed by atoms with E-state index in [1.807, 2.05) is 0 Å². The van der Waals surface area contributed by atoms with E-state index in [0.717, 1.165) is 0 Å². The number of alkyl carbamates (subject to hydrolysis) is 1. The molecule has 1 atom stereocenters. The number of rotatable bonds is 4. The van der Waals surface area contributed by atoms with Crippen molar-refractivity contribution in [3.63, 3.8) is 0 Å². The van der Waals surface area contributed by atoms with Crippen LogP contribution in [-0.2, 0) is 14.3 Å². The summed E-state index contributed by atoms with van der Waals surface area (Å²) in [6.07, 6.45) is -1.52. The first-order valence-corrected chi connectivity index (χ1v) is 7.54. The third-order valence-electron chi connectivity index (χ3n) is 3.63. The van der Waals surface area contributed by atoms with Crippen LogP contribution in [0.4, 0.5) is 21.0 Å². The zero-order valence-electron chi connectivity index (χ0n) is 13.8. The van der Waals surface area contributed by atoms with Gasteiger partial charge in [0.2, 0.25) is 0 Å². The second-order valence-corrected chi connectivity index (χ2v) is 5.29. The third kappa shape index (κ3) is 3.74. The number of amidine groups is 1. The van der Waals surface area contributed by atoms with Crippen molar-refractivity contribution in [3.05, 3.63) is 18.2 Å². The van der Waals surface area contributed by atoms with Crippen LogP contribution in [0.3, 0.4) is 0 Å². The Labute approximate surface area is 143 Å². The lowest BCUT2D eigenvalue weighted by Crippen LogP contribution is -2.34. The topological polar surface area (TPSA) is 111 Å². The van der Waals surface area contributed by atoms with Gasteiger partial charge in [-0.2, -0.15) is 0 Å². The Morgan fingerprint density at radius 2 is 2.28 bits per heavy atom. The summed E-state index contributed by atoms with van der Waals surface area (Å²) < 4.78 is 15.3. The van der Waals surface area contributed by atoms with E-state index in [1.54, 1.807) is 18.2 Å². The van der Waals surface area contributed by atoms with Gasteiger partial charge in [-0.1, -0.05) is 0 Å². The molecule has 10 heteroatoms. The fourth-order valence-electron chi connectivity index (χ4n) is 2.48. The molecule has 2 heterocycles. The Morgan fingerprint density at radius 3 is 3.04 bits per heavy atom. The minimum Gasteiger partial charge on any atom is -0.483 e. The Balaban J connectivity index is 1.69. The summed E-state index contributed by atoms with van der Waals surface area (Å²) in [6.45, 7) is 0.717. The van der Waals surface area contributed by atoms with Gasteiger partial charge < -0.3 is 19.5 Å². The molecule has 1 saturated heterocycles.